The van der Waals surface area contributed by atoms with E-state index in [1.165, 1.54) is 0 Å². The van der Waals surface area contributed by atoms with Crippen LogP contribution in [0.15, 0.2) is 23.6 Å². The van der Waals surface area contributed by atoms with Crippen LogP contribution in [0.1, 0.15) is 13.3 Å². The molecule has 0 unspecified atom stereocenters. The molecule has 4 nitrogen and oxygen atoms in total. The van der Waals surface area contributed by atoms with Crippen molar-refractivity contribution in [1.82, 2.24) is 15.3 Å². The molecule has 0 aromatic carbocycles. The number of ether oxygens (including phenoxy) is 1. The lowest BCUT2D eigenvalue weighted by molar-refractivity contribution is 0.145. The fourth-order valence-electron chi connectivity index (χ4n) is 1.14. The van der Waals surface area contributed by atoms with Crippen molar-refractivity contribution < 1.29 is 4.74 Å². The standard InChI is InChI=1S/C11H19N3OS/c1-2-15-9-4-5-12-8-10-16-11-13-6-3-7-14-11/h3,6-7,12H,2,4-5,8-10H2,1H3. The summed E-state index contributed by atoms with van der Waals surface area (Å²) in [5.41, 5.74) is 0. The van der Waals surface area contributed by atoms with Gasteiger partial charge in [0.2, 0.25) is 0 Å². The minimum atomic E-state index is 0.807. The fourth-order valence-corrected chi connectivity index (χ4v) is 1.84. The van der Waals surface area contributed by atoms with Crippen molar-refractivity contribution in [1.29, 1.82) is 0 Å². The molecule has 1 N–H and O–H groups in total. The molecular weight excluding hydrogens is 222 g/mol. The van der Waals surface area contributed by atoms with Gasteiger partial charge in [-0.1, -0.05) is 11.8 Å². The quantitative estimate of drug-likeness (QED) is 0.404. The average Bonchev–Trinajstić information content (AvgIpc) is 2.34. The highest BCUT2D eigenvalue weighted by Gasteiger charge is 1.94. The zero-order valence-corrected chi connectivity index (χ0v) is 10.5. The van der Waals surface area contributed by atoms with Crippen molar-refractivity contribution in [3.8, 4) is 0 Å². The van der Waals surface area contributed by atoms with Crippen molar-refractivity contribution in [2.24, 2.45) is 0 Å². The monoisotopic (exact) mass is 241 g/mol. The Morgan fingerprint density at radius 3 is 2.88 bits per heavy atom. The first-order chi connectivity index (χ1) is 7.93. The minimum absolute atomic E-state index is 0.807. The van der Waals surface area contributed by atoms with Crippen LogP contribution in [0, 0.1) is 0 Å². The molecule has 0 aliphatic heterocycles. The largest absolute Gasteiger partial charge is 0.382 e. The van der Waals surface area contributed by atoms with E-state index in [-0.39, 0.29) is 0 Å². The van der Waals surface area contributed by atoms with Gasteiger partial charge in [0, 0.05) is 37.9 Å². The van der Waals surface area contributed by atoms with Crippen LogP contribution >= 0.6 is 11.8 Å². The SMILES string of the molecule is CCOCCCNCCSc1ncccn1. The summed E-state index contributed by atoms with van der Waals surface area (Å²) in [4.78, 5) is 8.28. The van der Waals surface area contributed by atoms with Gasteiger partial charge < -0.3 is 10.1 Å². The molecule has 0 fully saturated rings. The summed E-state index contributed by atoms with van der Waals surface area (Å²) in [6, 6.07) is 1.83. The van der Waals surface area contributed by atoms with E-state index < -0.39 is 0 Å². The maximum atomic E-state index is 5.24. The van der Waals surface area contributed by atoms with E-state index in [9.17, 15) is 0 Å². The predicted molar refractivity (Wildman–Crippen MR) is 66.7 cm³/mol. The molecule has 1 aromatic heterocycles. The smallest absolute Gasteiger partial charge is 0.187 e. The van der Waals surface area contributed by atoms with Crippen LogP contribution in [0.25, 0.3) is 0 Å². The molecule has 90 valence electrons. The van der Waals surface area contributed by atoms with Crippen LogP contribution in [-0.4, -0.2) is 42.0 Å². The first-order valence-electron chi connectivity index (χ1n) is 5.61. The first kappa shape index (κ1) is 13.4. The molecule has 0 amide bonds. The van der Waals surface area contributed by atoms with Gasteiger partial charge in [0.05, 0.1) is 0 Å². The molecule has 0 aliphatic carbocycles. The van der Waals surface area contributed by atoms with E-state index in [1.54, 1.807) is 24.2 Å². The van der Waals surface area contributed by atoms with E-state index in [0.717, 1.165) is 43.6 Å². The van der Waals surface area contributed by atoms with E-state index in [0.29, 0.717) is 0 Å². The highest BCUT2D eigenvalue weighted by Crippen LogP contribution is 2.08. The number of rotatable bonds is 9. The summed E-state index contributed by atoms with van der Waals surface area (Å²) >= 11 is 1.67. The lowest BCUT2D eigenvalue weighted by atomic mass is 10.4. The molecule has 0 aliphatic rings. The number of thioether (sulfide) groups is 1. The van der Waals surface area contributed by atoms with Crippen LogP contribution in [0.3, 0.4) is 0 Å². The Kier molecular flexibility index (Phi) is 8.02. The molecule has 0 saturated heterocycles. The zero-order chi connectivity index (χ0) is 11.5. The molecule has 16 heavy (non-hydrogen) atoms. The van der Waals surface area contributed by atoms with Gasteiger partial charge in [-0.3, -0.25) is 0 Å². The van der Waals surface area contributed by atoms with Crippen LogP contribution in [0.5, 0.6) is 0 Å². The van der Waals surface area contributed by atoms with E-state index in [2.05, 4.69) is 15.3 Å². The van der Waals surface area contributed by atoms with Crippen LogP contribution in [0.2, 0.25) is 0 Å². The lowest BCUT2D eigenvalue weighted by Crippen LogP contribution is -2.19. The average molecular weight is 241 g/mol. The second kappa shape index (κ2) is 9.57. The predicted octanol–water partition coefficient (Wildman–Crippen LogP) is 1.58. The number of hydrogen-bond acceptors (Lipinski definition) is 5. The van der Waals surface area contributed by atoms with Crippen molar-refractivity contribution >= 4 is 11.8 Å². The highest BCUT2D eigenvalue weighted by atomic mass is 32.2. The third kappa shape index (κ3) is 6.76. The summed E-state index contributed by atoms with van der Waals surface area (Å²) in [6.07, 6.45) is 4.61. The van der Waals surface area contributed by atoms with Gasteiger partial charge >= 0.3 is 0 Å². The van der Waals surface area contributed by atoms with Gasteiger partial charge in [-0.05, 0) is 26.0 Å². The zero-order valence-electron chi connectivity index (χ0n) is 9.69. The van der Waals surface area contributed by atoms with Crippen molar-refractivity contribution in [3.63, 3.8) is 0 Å². The number of nitrogens with one attached hydrogen (secondary N) is 1. The summed E-state index contributed by atoms with van der Waals surface area (Å²) < 4.78 is 5.24. The molecule has 0 radical (unpaired) electrons. The van der Waals surface area contributed by atoms with Crippen LogP contribution in [0.4, 0.5) is 0 Å². The van der Waals surface area contributed by atoms with Gasteiger partial charge in [0.15, 0.2) is 5.16 Å². The van der Waals surface area contributed by atoms with Gasteiger partial charge in [0.25, 0.3) is 0 Å². The van der Waals surface area contributed by atoms with Crippen LogP contribution < -0.4 is 5.32 Å². The minimum Gasteiger partial charge on any atom is -0.382 e. The molecule has 0 spiro atoms. The highest BCUT2D eigenvalue weighted by molar-refractivity contribution is 7.99. The van der Waals surface area contributed by atoms with Crippen molar-refractivity contribution in [2.75, 3.05) is 32.1 Å². The second-order valence-corrected chi connectivity index (χ2v) is 4.24. The molecule has 5 heteroatoms. The topological polar surface area (TPSA) is 47.0 Å². The Labute approximate surface area is 101 Å². The molecule has 1 heterocycles. The second-order valence-electron chi connectivity index (χ2n) is 3.18. The number of aromatic nitrogens is 2. The summed E-state index contributed by atoms with van der Waals surface area (Å²) in [6.45, 7) is 5.66. The van der Waals surface area contributed by atoms with Crippen molar-refractivity contribution in [3.05, 3.63) is 18.5 Å². The van der Waals surface area contributed by atoms with E-state index >= 15 is 0 Å². The molecule has 0 saturated carbocycles. The first-order valence-corrected chi connectivity index (χ1v) is 6.60. The van der Waals surface area contributed by atoms with Gasteiger partial charge in [-0.15, -0.1) is 0 Å². The number of hydrogen-bond donors (Lipinski definition) is 1. The summed E-state index contributed by atoms with van der Waals surface area (Å²) in [5, 5.41) is 4.20. The Morgan fingerprint density at radius 2 is 2.12 bits per heavy atom. The number of nitrogens with zero attached hydrogens (tertiary/aromatic N) is 2. The Morgan fingerprint density at radius 1 is 1.31 bits per heavy atom. The maximum Gasteiger partial charge on any atom is 0.187 e. The fraction of sp³-hybridized carbons (Fsp3) is 0.636. The Hall–Kier alpha value is -0.650. The van der Waals surface area contributed by atoms with Crippen LogP contribution in [-0.2, 0) is 4.74 Å². The lowest BCUT2D eigenvalue weighted by Gasteiger charge is -2.04. The third-order valence-electron chi connectivity index (χ3n) is 1.90. The molecular formula is C11H19N3OS. The van der Waals surface area contributed by atoms with E-state index in [4.69, 9.17) is 4.74 Å². The van der Waals surface area contributed by atoms with Gasteiger partial charge in [-0.2, -0.15) is 0 Å². The maximum absolute atomic E-state index is 5.24. The molecule has 0 bridgehead atoms. The summed E-state index contributed by atoms with van der Waals surface area (Å²) in [5.74, 6) is 0.999. The molecule has 1 aromatic rings. The van der Waals surface area contributed by atoms with Crippen molar-refractivity contribution in [2.45, 2.75) is 18.5 Å². The Balaban J connectivity index is 1.89. The Bertz CT molecular complexity index is 259. The van der Waals surface area contributed by atoms with Gasteiger partial charge in [0.1, 0.15) is 0 Å². The summed E-state index contributed by atoms with van der Waals surface area (Å²) in [7, 11) is 0. The van der Waals surface area contributed by atoms with Gasteiger partial charge in [-0.25, -0.2) is 9.97 Å². The van der Waals surface area contributed by atoms with E-state index in [1.807, 2.05) is 13.0 Å². The molecule has 1 rings (SSSR count). The third-order valence-corrected chi connectivity index (χ3v) is 2.78. The normalized spacial score (nSPS) is 10.6. The molecule has 0 atom stereocenters.